The zero-order chi connectivity index (χ0) is 19.1. The van der Waals surface area contributed by atoms with Gasteiger partial charge in [0.1, 0.15) is 9.84 Å². The Hall–Kier alpha value is -1.77. The van der Waals surface area contributed by atoms with Crippen LogP contribution in [-0.2, 0) is 22.6 Å². The minimum absolute atomic E-state index is 0.0689. The Labute approximate surface area is 146 Å². The highest BCUT2D eigenvalue weighted by atomic mass is 32.2. The van der Waals surface area contributed by atoms with Crippen LogP contribution in [0.3, 0.4) is 0 Å². The largest absolute Gasteiger partial charge is 0.416 e. The number of aliphatic imine (C=N–C) groups is 1. The minimum atomic E-state index is -4.35. The van der Waals surface area contributed by atoms with E-state index in [-0.39, 0.29) is 18.3 Å². The molecule has 0 aliphatic carbocycles. The maximum absolute atomic E-state index is 12.5. The fraction of sp³-hybridized carbons (Fsp3) is 0.562. The number of alkyl halides is 3. The molecule has 25 heavy (non-hydrogen) atoms. The molecule has 5 nitrogen and oxygen atoms in total. The van der Waals surface area contributed by atoms with E-state index in [0.29, 0.717) is 24.5 Å². The van der Waals surface area contributed by atoms with E-state index in [0.717, 1.165) is 12.1 Å². The predicted molar refractivity (Wildman–Crippen MR) is 93.2 cm³/mol. The highest BCUT2D eigenvalue weighted by Gasteiger charge is 2.29. The number of sulfone groups is 1. The van der Waals surface area contributed by atoms with Crippen LogP contribution in [0.15, 0.2) is 29.3 Å². The number of nitrogens with zero attached hydrogens (tertiary/aromatic N) is 1. The lowest BCUT2D eigenvalue weighted by Gasteiger charge is -2.17. The Morgan fingerprint density at radius 2 is 1.84 bits per heavy atom. The molecule has 0 aliphatic heterocycles. The summed E-state index contributed by atoms with van der Waals surface area (Å²) in [6.07, 6.45) is -2.74. The molecule has 0 saturated heterocycles. The van der Waals surface area contributed by atoms with Gasteiger partial charge in [0.05, 0.1) is 17.9 Å². The summed E-state index contributed by atoms with van der Waals surface area (Å²) in [6, 6.07) is 4.73. The Morgan fingerprint density at radius 1 is 1.24 bits per heavy atom. The second-order valence-corrected chi connectivity index (χ2v) is 8.11. The maximum atomic E-state index is 12.5. The number of guanidine groups is 1. The highest BCUT2D eigenvalue weighted by molar-refractivity contribution is 7.90. The van der Waals surface area contributed by atoms with E-state index in [1.807, 2.05) is 13.8 Å². The summed E-state index contributed by atoms with van der Waals surface area (Å²) >= 11 is 0. The van der Waals surface area contributed by atoms with Gasteiger partial charge in [0.25, 0.3) is 0 Å². The normalized spacial score (nSPS) is 14.2. The summed E-state index contributed by atoms with van der Waals surface area (Å²) in [6.45, 7) is 4.55. The molecule has 0 radical (unpaired) electrons. The summed E-state index contributed by atoms with van der Waals surface area (Å²) < 4.78 is 60.0. The second-order valence-electron chi connectivity index (χ2n) is 5.85. The van der Waals surface area contributed by atoms with Crippen LogP contribution in [0.5, 0.6) is 0 Å². The van der Waals surface area contributed by atoms with E-state index in [1.165, 1.54) is 18.4 Å². The molecule has 1 rings (SSSR count). The Kier molecular flexibility index (Phi) is 7.72. The van der Waals surface area contributed by atoms with Crippen LogP contribution in [0.2, 0.25) is 0 Å². The first kappa shape index (κ1) is 21.3. The zero-order valence-corrected chi connectivity index (χ0v) is 15.3. The molecule has 1 aromatic rings. The van der Waals surface area contributed by atoms with Crippen molar-refractivity contribution in [2.24, 2.45) is 4.99 Å². The second kappa shape index (κ2) is 9.07. The van der Waals surface area contributed by atoms with Crippen molar-refractivity contribution in [3.63, 3.8) is 0 Å². The molecule has 0 aliphatic rings. The molecule has 9 heteroatoms. The standard InChI is InChI=1S/C16H24F3N3O2S/c1-4-20-15(22-12(2)9-10-25(3,23)24)21-11-13-5-7-14(8-6-13)16(17,18)19/h5-8,12H,4,9-11H2,1-3H3,(H2,20,21,22). The average molecular weight is 379 g/mol. The summed E-state index contributed by atoms with van der Waals surface area (Å²) in [5.74, 6) is 0.558. The average Bonchev–Trinajstić information content (AvgIpc) is 2.50. The van der Waals surface area contributed by atoms with Crippen molar-refractivity contribution < 1.29 is 21.6 Å². The van der Waals surface area contributed by atoms with E-state index in [2.05, 4.69) is 15.6 Å². The van der Waals surface area contributed by atoms with Gasteiger partial charge < -0.3 is 10.6 Å². The molecule has 0 aromatic heterocycles. The number of benzene rings is 1. The van der Waals surface area contributed by atoms with Crippen molar-refractivity contribution >= 4 is 15.8 Å². The van der Waals surface area contributed by atoms with Crippen molar-refractivity contribution in [2.75, 3.05) is 18.6 Å². The third-order valence-corrected chi connectivity index (χ3v) is 4.33. The third-order valence-electron chi connectivity index (χ3n) is 3.35. The van der Waals surface area contributed by atoms with Crippen LogP contribution in [-0.4, -0.2) is 39.0 Å². The van der Waals surface area contributed by atoms with Gasteiger partial charge >= 0.3 is 6.18 Å². The van der Waals surface area contributed by atoms with E-state index in [4.69, 9.17) is 0 Å². The SMILES string of the molecule is CCNC(=NCc1ccc(C(F)(F)F)cc1)NC(C)CCS(C)(=O)=O. The molecular weight excluding hydrogens is 355 g/mol. The van der Waals surface area contributed by atoms with Gasteiger partial charge in [-0.05, 0) is 38.0 Å². The summed E-state index contributed by atoms with van der Waals surface area (Å²) in [4.78, 5) is 4.32. The number of halogens is 3. The topological polar surface area (TPSA) is 70.6 Å². The van der Waals surface area contributed by atoms with Crippen LogP contribution in [0.1, 0.15) is 31.4 Å². The lowest BCUT2D eigenvalue weighted by molar-refractivity contribution is -0.137. The third kappa shape index (κ3) is 8.76. The zero-order valence-electron chi connectivity index (χ0n) is 14.5. The van der Waals surface area contributed by atoms with Gasteiger partial charge in [0.15, 0.2) is 5.96 Å². The number of rotatable bonds is 7. The van der Waals surface area contributed by atoms with E-state index in [1.54, 1.807) is 0 Å². The fourth-order valence-electron chi connectivity index (χ4n) is 1.99. The molecule has 0 bridgehead atoms. The number of nitrogens with one attached hydrogen (secondary N) is 2. The molecule has 1 aromatic carbocycles. The predicted octanol–water partition coefficient (Wildman–Crippen LogP) is 2.58. The molecule has 0 heterocycles. The molecule has 2 N–H and O–H groups in total. The van der Waals surface area contributed by atoms with Gasteiger partial charge in [-0.2, -0.15) is 13.2 Å². The quantitative estimate of drug-likeness (QED) is 0.564. The van der Waals surface area contributed by atoms with Crippen molar-refractivity contribution in [1.29, 1.82) is 0 Å². The summed E-state index contributed by atoms with van der Waals surface area (Å²) in [5.41, 5.74) is -0.0475. The van der Waals surface area contributed by atoms with Crippen molar-refractivity contribution in [3.05, 3.63) is 35.4 Å². The molecule has 0 amide bonds. The molecule has 1 atom stereocenters. The van der Waals surface area contributed by atoms with Crippen LogP contribution >= 0.6 is 0 Å². The van der Waals surface area contributed by atoms with Crippen LogP contribution in [0.25, 0.3) is 0 Å². The Morgan fingerprint density at radius 3 is 2.32 bits per heavy atom. The van der Waals surface area contributed by atoms with E-state index in [9.17, 15) is 21.6 Å². The van der Waals surface area contributed by atoms with Gasteiger partial charge in [-0.1, -0.05) is 12.1 Å². The monoisotopic (exact) mass is 379 g/mol. The van der Waals surface area contributed by atoms with Gasteiger partial charge in [-0.3, -0.25) is 0 Å². The maximum Gasteiger partial charge on any atom is 0.416 e. The van der Waals surface area contributed by atoms with Crippen LogP contribution in [0.4, 0.5) is 13.2 Å². The van der Waals surface area contributed by atoms with Crippen LogP contribution in [0, 0.1) is 0 Å². The summed E-state index contributed by atoms with van der Waals surface area (Å²) in [5, 5.41) is 6.12. The Bertz CT molecular complexity index is 671. The first-order valence-electron chi connectivity index (χ1n) is 7.90. The number of hydrogen-bond donors (Lipinski definition) is 2. The fourth-order valence-corrected chi connectivity index (χ4v) is 2.77. The molecule has 0 fully saturated rings. The lowest BCUT2D eigenvalue weighted by atomic mass is 10.1. The van der Waals surface area contributed by atoms with Gasteiger partial charge in [0, 0.05) is 18.8 Å². The van der Waals surface area contributed by atoms with Gasteiger partial charge in [0.2, 0.25) is 0 Å². The smallest absolute Gasteiger partial charge is 0.357 e. The highest BCUT2D eigenvalue weighted by Crippen LogP contribution is 2.29. The lowest BCUT2D eigenvalue weighted by Crippen LogP contribution is -2.42. The first-order valence-corrected chi connectivity index (χ1v) is 9.96. The van der Waals surface area contributed by atoms with Crippen molar-refractivity contribution in [2.45, 2.75) is 39.0 Å². The number of hydrogen-bond acceptors (Lipinski definition) is 3. The molecule has 0 spiro atoms. The van der Waals surface area contributed by atoms with Gasteiger partial charge in [-0.15, -0.1) is 0 Å². The first-order chi connectivity index (χ1) is 11.5. The summed E-state index contributed by atoms with van der Waals surface area (Å²) in [7, 11) is -3.03. The Balaban J connectivity index is 2.68. The minimum Gasteiger partial charge on any atom is -0.357 e. The molecular formula is C16H24F3N3O2S. The van der Waals surface area contributed by atoms with E-state index < -0.39 is 21.6 Å². The molecule has 0 saturated carbocycles. The molecule has 142 valence electrons. The molecule has 1 unspecified atom stereocenters. The van der Waals surface area contributed by atoms with E-state index >= 15 is 0 Å². The van der Waals surface area contributed by atoms with Crippen LogP contribution < -0.4 is 10.6 Å². The van der Waals surface area contributed by atoms with Crippen molar-refractivity contribution in [1.82, 2.24) is 10.6 Å². The van der Waals surface area contributed by atoms with Crippen molar-refractivity contribution in [3.8, 4) is 0 Å². The van der Waals surface area contributed by atoms with Gasteiger partial charge in [-0.25, -0.2) is 13.4 Å².